The molecule has 1 aliphatic rings. The average Bonchev–Trinajstić information content (AvgIpc) is 3.20. The van der Waals surface area contributed by atoms with E-state index in [0.29, 0.717) is 28.8 Å². The van der Waals surface area contributed by atoms with Crippen molar-refractivity contribution in [3.8, 4) is 5.75 Å². The van der Waals surface area contributed by atoms with Crippen molar-refractivity contribution >= 4 is 28.4 Å². The first-order chi connectivity index (χ1) is 14.7. The first kappa shape index (κ1) is 18.6. The number of carbonyl (C=O) groups excluding carboxylic acids is 1. The van der Waals surface area contributed by atoms with E-state index in [1.54, 1.807) is 21.8 Å². The van der Waals surface area contributed by atoms with Crippen LogP contribution in [0.2, 0.25) is 0 Å². The second-order valence-corrected chi connectivity index (χ2v) is 7.82. The maximum absolute atomic E-state index is 13.5. The number of aromatic nitrogens is 3. The summed E-state index contributed by atoms with van der Waals surface area (Å²) in [6.07, 6.45) is 0. The Bertz CT molecular complexity index is 1240. The molecule has 0 unspecified atom stereocenters. The quantitative estimate of drug-likeness (QED) is 0.499. The summed E-state index contributed by atoms with van der Waals surface area (Å²) in [5.41, 5.74) is 0.622. The van der Waals surface area contributed by atoms with Gasteiger partial charge in [-0.2, -0.15) is 0 Å². The number of amides is 1. The Hall–Kier alpha value is -3.39. The van der Waals surface area contributed by atoms with Gasteiger partial charge in [-0.15, -0.1) is 10.2 Å². The van der Waals surface area contributed by atoms with Gasteiger partial charge in [-0.1, -0.05) is 54.2 Å². The zero-order valence-electron chi connectivity index (χ0n) is 15.9. The minimum absolute atomic E-state index is 0.0658. The third kappa shape index (κ3) is 3.39. The number of fused-ring (bicyclic) bond motifs is 2. The fourth-order valence-electron chi connectivity index (χ4n) is 3.49. The summed E-state index contributed by atoms with van der Waals surface area (Å²) in [6, 6.07) is 19.4. The molecule has 0 saturated heterocycles. The van der Waals surface area contributed by atoms with E-state index in [-0.39, 0.29) is 18.3 Å². The molecule has 0 bridgehead atoms. The number of thioether (sulfide) groups is 1. The first-order valence-corrected chi connectivity index (χ1v) is 10.4. The number of hydrogen-bond donors (Lipinski definition) is 0. The molecule has 4 aromatic rings. The molecule has 30 heavy (non-hydrogen) atoms. The van der Waals surface area contributed by atoms with Crippen molar-refractivity contribution in [1.29, 1.82) is 0 Å². The Kier molecular flexibility index (Phi) is 4.84. The maximum Gasteiger partial charge on any atom is 0.273 e. The normalized spacial score (nSPS) is 13.3. The SMILES string of the molecule is O=C(c1cccc2ccccc12)N1CCSc2nnc(COc3cccc(F)c3)n21. The van der Waals surface area contributed by atoms with Crippen LogP contribution in [0.3, 0.4) is 0 Å². The number of nitrogens with zero attached hydrogens (tertiary/aromatic N) is 4. The van der Waals surface area contributed by atoms with E-state index < -0.39 is 0 Å². The summed E-state index contributed by atoms with van der Waals surface area (Å²) in [4.78, 5) is 13.5. The minimum Gasteiger partial charge on any atom is -0.485 e. The summed E-state index contributed by atoms with van der Waals surface area (Å²) in [5.74, 6) is 1.09. The standard InChI is InChI=1S/C22H17FN4O2S/c23-16-7-4-8-17(13-16)29-14-20-24-25-22-27(20)26(11-12-30-22)21(28)19-10-3-6-15-5-1-2-9-18(15)19/h1-10,13H,11-12,14H2. The van der Waals surface area contributed by atoms with Gasteiger partial charge in [0, 0.05) is 17.4 Å². The molecule has 0 aliphatic carbocycles. The van der Waals surface area contributed by atoms with E-state index in [1.165, 1.54) is 23.9 Å². The van der Waals surface area contributed by atoms with Gasteiger partial charge in [0.2, 0.25) is 5.16 Å². The molecule has 0 fully saturated rings. The smallest absolute Gasteiger partial charge is 0.273 e. The fraction of sp³-hybridized carbons (Fsp3) is 0.136. The van der Waals surface area contributed by atoms with Crippen molar-refractivity contribution in [2.24, 2.45) is 0 Å². The maximum atomic E-state index is 13.5. The average molecular weight is 420 g/mol. The summed E-state index contributed by atoms with van der Waals surface area (Å²) in [7, 11) is 0. The summed E-state index contributed by atoms with van der Waals surface area (Å²) >= 11 is 1.53. The predicted molar refractivity (Wildman–Crippen MR) is 113 cm³/mol. The Morgan fingerprint density at radius 2 is 1.90 bits per heavy atom. The highest BCUT2D eigenvalue weighted by molar-refractivity contribution is 7.99. The molecule has 8 heteroatoms. The van der Waals surface area contributed by atoms with Gasteiger partial charge in [0.15, 0.2) is 5.82 Å². The zero-order valence-corrected chi connectivity index (χ0v) is 16.7. The van der Waals surface area contributed by atoms with Crippen LogP contribution in [0.5, 0.6) is 5.75 Å². The summed E-state index contributed by atoms with van der Waals surface area (Å²) in [5, 5.41) is 12.6. The Morgan fingerprint density at radius 1 is 1.07 bits per heavy atom. The molecule has 3 aromatic carbocycles. The molecule has 1 aliphatic heterocycles. The van der Waals surface area contributed by atoms with Crippen LogP contribution in [0.25, 0.3) is 10.8 Å². The van der Waals surface area contributed by atoms with E-state index in [1.807, 2.05) is 42.5 Å². The molecular formula is C22H17FN4O2S. The van der Waals surface area contributed by atoms with Gasteiger partial charge >= 0.3 is 0 Å². The highest BCUT2D eigenvalue weighted by atomic mass is 32.2. The lowest BCUT2D eigenvalue weighted by molar-refractivity contribution is 0.0954. The zero-order chi connectivity index (χ0) is 20.5. The van der Waals surface area contributed by atoms with Crippen LogP contribution in [0, 0.1) is 5.82 Å². The van der Waals surface area contributed by atoms with Crippen molar-refractivity contribution in [2.75, 3.05) is 17.3 Å². The van der Waals surface area contributed by atoms with Crippen molar-refractivity contribution in [3.63, 3.8) is 0 Å². The molecule has 0 saturated carbocycles. The Balaban J connectivity index is 1.47. The lowest BCUT2D eigenvalue weighted by atomic mass is 10.0. The Labute approximate surface area is 176 Å². The lowest BCUT2D eigenvalue weighted by Crippen LogP contribution is -2.45. The van der Waals surface area contributed by atoms with Crippen molar-refractivity contribution in [2.45, 2.75) is 11.8 Å². The topological polar surface area (TPSA) is 60.3 Å². The third-order valence-electron chi connectivity index (χ3n) is 4.87. The van der Waals surface area contributed by atoms with E-state index in [0.717, 1.165) is 16.5 Å². The summed E-state index contributed by atoms with van der Waals surface area (Å²) in [6.45, 7) is 0.584. The van der Waals surface area contributed by atoms with Crippen LogP contribution in [-0.4, -0.2) is 33.1 Å². The van der Waals surface area contributed by atoms with Crippen LogP contribution >= 0.6 is 11.8 Å². The molecule has 0 radical (unpaired) electrons. The van der Waals surface area contributed by atoms with Gasteiger partial charge in [-0.25, -0.2) is 14.1 Å². The lowest BCUT2D eigenvalue weighted by Gasteiger charge is -2.29. The molecule has 1 amide bonds. The van der Waals surface area contributed by atoms with Crippen LogP contribution in [0.15, 0.2) is 71.9 Å². The van der Waals surface area contributed by atoms with Crippen molar-refractivity contribution in [3.05, 3.63) is 83.9 Å². The predicted octanol–water partition coefficient (Wildman–Crippen LogP) is 4.03. The number of ether oxygens (including phenoxy) is 1. The van der Waals surface area contributed by atoms with Gasteiger partial charge in [-0.05, 0) is 29.0 Å². The van der Waals surface area contributed by atoms with Gasteiger partial charge < -0.3 is 4.74 Å². The van der Waals surface area contributed by atoms with Gasteiger partial charge in [-0.3, -0.25) is 4.79 Å². The van der Waals surface area contributed by atoms with Crippen LogP contribution in [0.4, 0.5) is 4.39 Å². The van der Waals surface area contributed by atoms with Gasteiger partial charge in [0.25, 0.3) is 5.91 Å². The largest absolute Gasteiger partial charge is 0.485 e. The van der Waals surface area contributed by atoms with Crippen LogP contribution in [0.1, 0.15) is 16.2 Å². The van der Waals surface area contributed by atoms with Gasteiger partial charge in [0.1, 0.15) is 18.2 Å². The molecular weight excluding hydrogens is 403 g/mol. The molecule has 1 aromatic heterocycles. The third-order valence-corrected chi connectivity index (χ3v) is 5.77. The number of rotatable bonds is 4. The molecule has 0 atom stereocenters. The fourth-order valence-corrected chi connectivity index (χ4v) is 4.36. The summed E-state index contributed by atoms with van der Waals surface area (Å²) < 4.78 is 20.8. The number of carbonyl (C=O) groups is 1. The van der Waals surface area contributed by atoms with Crippen molar-refractivity contribution < 1.29 is 13.9 Å². The van der Waals surface area contributed by atoms with E-state index in [4.69, 9.17) is 4.74 Å². The highest BCUT2D eigenvalue weighted by Crippen LogP contribution is 2.26. The highest BCUT2D eigenvalue weighted by Gasteiger charge is 2.29. The van der Waals surface area contributed by atoms with Crippen molar-refractivity contribution in [1.82, 2.24) is 14.9 Å². The monoisotopic (exact) mass is 420 g/mol. The minimum atomic E-state index is -0.376. The molecule has 6 nitrogen and oxygen atoms in total. The molecule has 5 rings (SSSR count). The number of benzene rings is 3. The van der Waals surface area contributed by atoms with Crippen LogP contribution < -0.4 is 9.75 Å². The second kappa shape index (κ2) is 7.79. The van der Waals surface area contributed by atoms with Crippen LogP contribution in [-0.2, 0) is 6.61 Å². The number of hydrogen-bond acceptors (Lipinski definition) is 5. The number of halogens is 1. The van der Waals surface area contributed by atoms with E-state index >= 15 is 0 Å². The van der Waals surface area contributed by atoms with E-state index in [2.05, 4.69) is 10.2 Å². The van der Waals surface area contributed by atoms with E-state index in [9.17, 15) is 9.18 Å². The second-order valence-electron chi connectivity index (χ2n) is 6.76. The molecule has 2 heterocycles. The first-order valence-electron chi connectivity index (χ1n) is 9.46. The Morgan fingerprint density at radius 3 is 2.80 bits per heavy atom. The molecule has 0 N–H and O–H groups in total. The molecule has 0 spiro atoms. The van der Waals surface area contributed by atoms with Gasteiger partial charge in [0.05, 0.1) is 6.54 Å². The molecule has 150 valence electrons.